The smallest absolute Gasteiger partial charge is 0.231 e. The SMILES string of the molecule is CCNc1nc(Sc2nncs2)nc(N(CC)CC)n1. The highest BCUT2D eigenvalue weighted by molar-refractivity contribution is 8.00. The van der Waals surface area contributed by atoms with Crippen LogP contribution in [0.4, 0.5) is 11.9 Å². The van der Waals surface area contributed by atoms with Crippen molar-refractivity contribution >= 4 is 35.0 Å². The molecule has 108 valence electrons. The molecule has 0 atom stereocenters. The van der Waals surface area contributed by atoms with Crippen molar-refractivity contribution in [3.8, 4) is 0 Å². The third-order valence-electron chi connectivity index (χ3n) is 2.50. The molecule has 0 unspecified atom stereocenters. The highest BCUT2D eigenvalue weighted by atomic mass is 32.2. The van der Waals surface area contributed by atoms with Crippen molar-refractivity contribution < 1.29 is 0 Å². The summed E-state index contributed by atoms with van der Waals surface area (Å²) in [5.41, 5.74) is 1.69. The number of anilines is 2. The molecular formula is C11H17N7S2. The number of nitrogens with one attached hydrogen (secondary N) is 1. The fraction of sp³-hybridized carbons (Fsp3) is 0.545. The molecular weight excluding hydrogens is 294 g/mol. The van der Waals surface area contributed by atoms with Gasteiger partial charge in [0.15, 0.2) is 4.34 Å². The van der Waals surface area contributed by atoms with Gasteiger partial charge in [-0.2, -0.15) is 15.0 Å². The van der Waals surface area contributed by atoms with Crippen molar-refractivity contribution in [3.63, 3.8) is 0 Å². The molecule has 0 aromatic carbocycles. The Morgan fingerprint density at radius 2 is 2.00 bits per heavy atom. The molecule has 2 heterocycles. The minimum atomic E-state index is 0.594. The minimum absolute atomic E-state index is 0.594. The van der Waals surface area contributed by atoms with E-state index < -0.39 is 0 Å². The Kier molecular flexibility index (Phi) is 5.48. The standard InChI is InChI=1S/C11H17N7S2/c1-4-12-8-14-9(18(5-2)6-3)16-10(15-8)20-11-17-13-7-19-11/h7H,4-6H2,1-3H3,(H,12,14,15,16). The molecule has 2 aromatic heterocycles. The predicted molar refractivity (Wildman–Crippen MR) is 81.6 cm³/mol. The van der Waals surface area contributed by atoms with E-state index in [0.717, 1.165) is 24.0 Å². The second-order valence-electron chi connectivity index (χ2n) is 3.75. The van der Waals surface area contributed by atoms with Crippen molar-refractivity contribution in [3.05, 3.63) is 5.51 Å². The van der Waals surface area contributed by atoms with E-state index in [1.165, 1.54) is 23.1 Å². The van der Waals surface area contributed by atoms with E-state index in [0.29, 0.717) is 17.1 Å². The first-order valence-electron chi connectivity index (χ1n) is 6.45. The topological polar surface area (TPSA) is 79.7 Å². The molecule has 0 aliphatic rings. The Balaban J connectivity index is 2.29. The Bertz CT molecular complexity index is 528. The van der Waals surface area contributed by atoms with Gasteiger partial charge in [-0.3, -0.25) is 0 Å². The molecule has 0 amide bonds. The van der Waals surface area contributed by atoms with Gasteiger partial charge < -0.3 is 10.2 Å². The molecule has 0 saturated carbocycles. The molecule has 0 spiro atoms. The van der Waals surface area contributed by atoms with Crippen molar-refractivity contribution in [2.75, 3.05) is 29.9 Å². The van der Waals surface area contributed by atoms with Crippen LogP contribution in [-0.4, -0.2) is 44.8 Å². The van der Waals surface area contributed by atoms with E-state index >= 15 is 0 Å². The lowest BCUT2D eigenvalue weighted by atomic mass is 10.5. The summed E-state index contributed by atoms with van der Waals surface area (Å²) in [7, 11) is 0. The molecule has 0 bridgehead atoms. The fourth-order valence-electron chi connectivity index (χ4n) is 1.56. The fourth-order valence-corrected chi connectivity index (χ4v) is 2.89. The zero-order chi connectivity index (χ0) is 14.4. The third-order valence-corrected chi connectivity index (χ3v) is 4.15. The average molecular weight is 311 g/mol. The van der Waals surface area contributed by atoms with Gasteiger partial charge in [-0.05, 0) is 32.5 Å². The normalized spacial score (nSPS) is 10.6. The maximum atomic E-state index is 4.50. The summed E-state index contributed by atoms with van der Waals surface area (Å²) in [4.78, 5) is 15.4. The summed E-state index contributed by atoms with van der Waals surface area (Å²) in [5, 5.41) is 11.6. The highest BCUT2D eigenvalue weighted by Gasteiger charge is 2.12. The van der Waals surface area contributed by atoms with Crippen molar-refractivity contribution in [2.45, 2.75) is 30.3 Å². The first-order chi connectivity index (χ1) is 9.76. The van der Waals surface area contributed by atoms with Crippen LogP contribution in [0.1, 0.15) is 20.8 Å². The third kappa shape index (κ3) is 3.76. The summed E-state index contributed by atoms with van der Waals surface area (Å²) in [6.45, 7) is 8.66. The lowest BCUT2D eigenvalue weighted by molar-refractivity contribution is 0.782. The molecule has 0 fully saturated rings. The van der Waals surface area contributed by atoms with Crippen LogP contribution < -0.4 is 10.2 Å². The number of rotatable bonds is 7. The quantitative estimate of drug-likeness (QED) is 0.833. The maximum absolute atomic E-state index is 4.50. The molecule has 2 aromatic rings. The van der Waals surface area contributed by atoms with Gasteiger partial charge in [-0.25, -0.2) is 0 Å². The van der Waals surface area contributed by atoms with Gasteiger partial charge in [0.1, 0.15) is 5.51 Å². The van der Waals surface area contributed by atoms with Gasteiger partial charge >= 0.3 is 0 Å². The second-order valence-corrected chi connectivity index (χ2v) is 5.80. The van der Waals surface area contributed by atoms with Gasteiger partial charge in [0.25, 0.3) is 0 Å². The van der Waals surface area contributed by atoms with Crippen LogP contribution in [0.5, 0.6) is 0 Å². The molecule has 2 rings (SSSR count). The maximum Gasteiger partial charge on any atom is 0.231 e. The zero-order valence-electron chi connectivity index (χ0n) is 11.7. The summed E-state index contributed by atoms with van der Waals surface area (Å²) in [6, 6.07) is 0. The molecule has 9 heteroatoms. The number of hydrogen-bond acceptors (Lipinski definition) is 9. The van der Waals surface area contributed by atoms with E-state index in [1.807, 2.05) is 6.92 Å². The van der Waals surface area contributed by atoms with Crippen LogP contribution in [0, 0.1) is 0 Å². The second kappa shape index (κ2) is 7.34. The van der Waals surface area contributed by atoms with Crippen LogP contribution >= 0.6 is 23.1 Å². The first kappa shape index (κ1) is 14.9. The Morgan fingerprint density at radius 3 is 2.60 bits per heavy atom. The van der Waals surface area contributed by atoms with Crippen molar-refractivity contribution in [1.29, 1.82) is 0 Å². The van der Waals surface area contributed by atoms with Crippen molar-refractivity contribution in [1.82, 2.24) is 25.1 Å². The number of nitrogens with zero attached hydrogens (tertiary/aromatic N) is 6. The lowest BCUT2D eigenvalue weighted by Crippen LogP contribution is -2.25. The first-order valence-corrected chi connectivity index (χ1v) is 8.15. The zero-order valence-corrected chi connectivity index (χ0v) is 13.3. The van der Waals surface area contributed by atoms with E-state index in [1.54, 1.807) is 5.51 Å². The average Bonchev–Trinajstić information content (AvgIpc) is 2.93. The molecule has 0 saturated heterocycles. The predicted octanol–water partition coefficient (Wildman–Crippen LogP) is 2.15. The minimum Gasteiger partial charge on any atom is -0.354 e. The summed E-state index contributed by atoms with van der Waals surface area (Å²) >= 11 is 2.87. The molecule has 0 aliphatic carbocycles. The van der Waals surface area contributed by atoms with Crippen LogP contribution in [0.25, 0.3) is 0 Å². The summed E-state index contributed by atoms with van der Waals surface area (Å²) in [5.74, 6) is 1.28. The van der Waals surface area contributed by atoms with Gasteiger partial charge in [0, 0.05) is 19.6 Å². The van der Waals surface area contributed by atoms with Crippen LogP contribution in [0.15, 0.2) is 15.0 Å². The molecule has 1 N–H and O–H groups in total. The summed E-state index contributed by atoms with van der Waals surface area (Å²) < 4.78 is 0.823. The van der Waals surface area contributed by atoms with E-state index in [-0.39, 0.29) is 0 Å². The summed E-state index contributed by atoms with van der Waals surface area (Å²) in [6.07, 6.45) is 0. The Morgan fingerprint density at radius 1 is 1.20 bits per heavy atom. The van der Waals surface area contributed by atoms with Gasteiger partial charge in [-0.1, -0.05) is 11.3 Å². The largest absolute Gasteiger partial charge is 0.354 e. The van der Waals surface area contributed by atoms with Gasteiger partial charge in [0.2, 0.25) is 17.1 Å². The van der Waals surface area contributed by atoms with E-state index in [4.69, 9.17) is 0 Å². The highest BCUT2D eigenvalue weighted by Crippen LogP contribution is 2.27. The Labute approximate surface area is 126 Å². The van der Waals surface area contributed by atoms with Gasteiger partial charge in [-0.15, -0.1) is 10.2 Å². The monoisotopic (exact) mass is 311 g/mol. The van der Waals surface area contributed by atoms with E-state index in [9.17, 15) is 0 Å². The van der Waals surface area contributed by atoms with Gasteiger partial charge in [0.05, 0.1) is 0 Å². The Hall–Kier alpha value is -1.48. The van der Waals surface area contributed by atoms with Crippen LogP contribution in [-0.2, 0) is 0 Å². The number of aromatic nitrogens is 5. The van der Waals surface area contributed by atoms with Crippen LogP contribution in [0.2, 0.25) is 0 Å². The molecule has 7 nitrogen and oxygen atoms in total. The lowest BCUT2D eigenvalue weighted by Gasteiger charge is -2.19. The van der Waals surface area contributed by atoms with E-state index in [2.05, 4.69) is 49.2 Å². The molecule has 0 aliphatic heterocycles. The van der Waals surface area contributed by atoms with Crippen LogP contribution in [0.3, 0.4) is 0 Å². The molecule has 0 radical (unpaired) electrons. The molecule has 20 heavy (non-hydrogen) atoms. The number of hydrogen-bond donors (Lipinski definition) is 1. The van der Waals surface area contributed by atoms with Crippen molar-refractivity contribution in [2.24, 2.45) is 0 Å².